The van der Waals surface area contributed by atoms with E-state index in [1.54, 1.807) is 27.7 Å². The fourth-order valence-electron chi connectivity index (χ4n) is 4.52. The molecule has 1 aliphatic carbocycles. The highest BCUT2D eigenvalue weighted by Crippen LogP contribution is 2.44. The molecular weight excluding hydrogens is 528 g/mol. The number of hydrogen-bond donors (Lipinski definition) is 4. The smallest absolute Gasteiger partial charge is 0.407 e. The molecule has 0 aromatic heterocycles. The normalized spacial score (nSPS) is 12.8. The lowest BCUT2D eigenvalue weighted by atomic mass is 9.98. The maximum Gasteiger partial charge on any atom is 0.407 e. The van der Waals surface area contributed by atoms with Crippen molar-refractivity contribution >= 4 is 29.8 Å². The van der Waals surface area contributed by atoms with E-state index in [-0.39, 0.29) is 31.9 Å². The van der Waals surface area contributed by atoms with Crippen LogP contribution in [0, 0.1) is 0 Å². The van der Waals surface area contributed by atoms with Gasteiger partial charge in [-0.3, -0.25) is 19.2 Å². The quantitative estimate of drug-likeness (QED) is 0.288. The SMILES string of the molecule is CCNC(=O)CNC(=O)[C@H](CCC(=O)OC(C)(C)C)NC(=O)CNC(=O)OCC1c2ccccc2-c2ccccc21. The van der Waals surface area contributed by atoms with Gasteiger partial charge in [-0.15, -0.1) is 0 Å². The van der Waals surface area contributed by atoms with Crippen molar-refractivity contribution in [1.82, 2.24) is 21.3 Å². The van der Waals surface area contributed by atoms with Crippen molar-refractivity contribution in [2.24, 2.45) is 0 Å². The zero-order valence-corrected chi connectivity index (χ0v) is 23.9. The number of benzene rings is 2. The van der Waals surface area contributed by atoms with Crippen LogP contribution in [0.5, 0.6) is 0 Å². The van der Waals surface area contributed by atoms with Crippen molar-refractivity contribution < 1.29 is 33.4 Å². The fraction of sp³-hybridized carbons (Fsp3) is 0.433. The van der Waals surface area contributed by atoms with E-state index in [1.165, 1.54) is 0 Å². The Morgan fingerprint density at radius 1 is 0.829 bits per heavy atom. The molecule has 0 saturated carbocycles. The number of ether oxygens (including phenoxy) is 2. The Bertz CT molecular complexity index is 1230. The predicted octanol–water partition coefficient (Wildman–Crippen LogP) is 2.38. The third-order valence-electron chi connectivity index (χ3n) is 6.24. The highest BCUT2D eigenvalue weighted by atomic mass is 16.6. The minimum atomic E-state index is -1.13. The number of fused-ring (bicyclic) bond motifs is 3. The van der Waals surface area contributed by atoms with Crippen molar-refractivity contribution in [1.29, 1.82) is 0 Å². The number of amides is 4. The Morgan fingerprint density at radius 2 is 1.41 bits per heavy atom. The number of esters is 1. The van der Waals surface area contributed by atoms with E-state index in [0.717, 1.165) is 22.3 Å². The summed E-state index contributed by atoms with van der Waals surface area (Å²) in [6.45, 7) is 6.64. The molecule has 0 fully saturated rings. The van der Waals surface area contributed by atoms with E-state index in [1.807, 2.05) is 48.5 Å². The number of rotatable bonds is 12. The van der Waals surface area contributed by atoms with E-state index >= 15 is 0 Å². The van der Waals surface area contributed by atoms with E-state index in [2.05, 4.69) is 21.3 Å². The van der Waals surface area contributed by atoms with Gasteiger partial charge in [-0.25, -0.2) is 4.79 Å². The van der Waals surface area contributed by atoms with Crippen LogP contribution in [0.4, 0.5) is 4.79 Å². The van der Waals surface area contributed by atoms with Gasteiger partial charge in [-0.1, -0.05) is 48.5 Å². The molecular formula is C30H38N4O7. The van der Waals surface area contributed by atoms with Crippen molar-refractivity contribution in [2.45, 2.75) is 58.1 Å². The number of alkyl carbamates (subject to hydrolysis) is 1. The Balaban J connectivity index is 1.53. The second kappa shape index (κ2) is 14.3. The predicted molar refractivity (Wildman–Crippen MR) is 152 cm³/mol. The largest absolute Gasteiger partial charge is 0.460 e. The van der Waals surface area contributed by atoms with Crippen LogP contribution in [0.2, 0.25) is 0 Å². The van der Waals surface area contributed by atoms with E-state index in [9.17, 15) is 24.0 Å². The summed E-state index contributed by atoms with van der Waals surface area (Å²) < 4.78 is 10.7. The number of carbonyl (C=O) groups excluding carboxylic acids is 5. The molecule has 220 valence electrons. The molecule has 0 bridgehead atoms. The van der Waals surface area contributed by atoms with Crippen LogP contribution in [0.25, 0.3) is 11.1 Å². The fourth-order valence-corrected chi connectivity index (χ4v) is 4.52. The molecule has 0 radical (unpaired) electrons. The Labute approximate surface area is 239 Å². The van der Waals surface area contributed by atoms with Crippen LogP contribution < -0.4 is 21.3 Å². The molecule has 0 saturated heterocycles. The van der Waals surface area contributed by atoms with Crippen LogP contribution in [-0.4, -0.2) is 67.7 Å². The first-order valence-corrected chi connectivity index (χ1v) is 13.6. The van der Waals surface area contributed by atoms with Gasteiger partial charge in [-0.05, 0) is 56.4 Å². The highest BCUT2D eigenvalue weighted by Gasteiger charge is 2.29. The van der Waals surface area contributed by atoms with Gasteiger partial charge >= 0.3 is 12.1 Å². The summed E-state index contributed by atoms with van der Waals surface area (Å²) in [6, 6.07) is 14.7. The standard InChI is InChI=1S/C30H38N4O7/c1-5-31-25(35)16-32-28(38)24(14-15-27(37)41-30(2,3)4)34-26(36)17-33-29(39)40-18-23-21-12-8-6-10-19(21)20-11-7-9-13-22(20)23/h6-13,23-24H,5,14-18H2,1-4H3,(H,31,35)(H,32,38)(H,33,39)(H,34,36)/t24-/m0/s1. The average Bonchev–Trinajstić information content (AvgIpc) is 3.24. The molecule has 11 nitrogen and oxygen atoms in total. The summed E-state index contributed by atoms with van der Waals surface area (Å²) in [5, 5.41) is 9.91. The first-order valence-electron chi connectivity index (χ1n) is 13.6. The number of hydrogen-bond acceptors (Lipinski definition) is 7. The molecule has 0 aliphatic heterocycles. The summed E-state index contributed by atoms with van der Waals surface area (Å²) in [7, 11) is 0. The lowest BCUT2D eigenvalue weighted by Gasteiger charge is -2.21. The topological polar surface area (TPSA) is 152 Å². The average molecular weight is 567 g/mol. The highest BCUT2D eigenvalue weighted by molar-refractivity contribution is 5.92. The molecule has 1 aliphatic rings. The molecule has 4 amide bonds. The van der Waals surface area contributed by atoms with Crippen molar-refractivity contribution in [2.75, 3.05) is 26.2 Å². The van der Waals surface area contributed by atoms with Crippen LogP contribution in [0.3, 0.4) is 0 Å². The number of nitrogens with one attached hydrogen (secondary N) is 4. The first kappa shape index (κ1) is 31.1. The third-order valence-corrected chi connectivity index (χ3v) is 6.24. The lowest BCUT2D eigenvalue weighted by Crippen LogP contribution is -2.51. The zero-order valence-electron chi connectivity index (χ0n) is 23.9. The molecule has 41 heavy (non-hydrogen) atoms. The summed E-state index contributed by atoms with van der Waals surface area (Å²) in [5.41, 5.74) is 3.61. The van der Waals surface area contributed by atoms with Crippen LogP contribution in [0.15, 0.2) is 48.5 Å². The van der Waals surface area contributed by atoms with Gasteiger partial charge < -0.3 is 30.7 Å². The van der Waals surface area contributed by atoms with E-state index < -0.39 is 48.0 Å². The molecule has 11 heteroatoms. The van der Waals surface area contributed by atoms with Crippen molar-refractivity contribution in [3.05, 3.63) is 59.7 Å². The van der Waals surface area contributed by atoms with Gasteiger partial charge in [0, 0.05) is 18.9 Å². The molecule has 0 unspecified atom stereocenters. The van der Waals surface area contributed by atoms with Gasteiger partial charge in [-0.2, -0.15) is 0 Å². The second-order valence-electron chi connectivity index (χ2n) is 10.6. The van der Waals surface area contributed by atoms with Gasteiger partial charge in [0.2, 0.25) is 17.7 Å². The van der Waals surface area contributed by atoms with Crippen LogP contribution in [0.1, 0.15) is 57.6 Å². The van der Waals surface area contributed by atoms with Gasteiger partial charge in [0.05, 0.1) is 6.54 Å². The van der Waals surface area contributed by atoms with Crippen molar-refractivity contribution in [3.63, 3.8) is 0 Å². The molecule has 0 heterocycles. The molecule has 4 N–H and O–H groups in total. The summed E-state index contributed by atoms with van der Waals surface area (Å²) in [4.78, 5) is 61.7. The maximum absolute atomic E-state index is 12.7. The number of likely N-dealkylation sites (N-methyl/N-ethyl adjacent to an activating group) is 1. The van der Waals surface area contributed by atoms with Crippen LogP contribution >= 0.6 is 0 Å². The Morgan fingerprint density at radius 3 is 2.00 bits per heavy atom. The van der Waals surface area contributed by atoms with E-state index in [0.29, 0.717) is 6.54 Å². The number of carbonyl (C=O) groups is 5. The van der Waals surface area contributed by atoms with E-state index in [4.69, 9.17) is 9.47 Å². The summed E-state index contributed by atoms with van der Waals surface area (Å²) >= 11 is 0. The van der Waals surface area contributed by atoms with Gasteiger partial charge in [0.1, 0.15) is 24.8 Å². The minimum Gasteiger partial charge on any atom is -0.460 e. The second-order valence-corrected chi connectivity index (χ2v) is 10.6. The zero-order chi connectivity index (χ0) is 30.0. The summed E-state index contributed by atoms with van der Waals surface area (Å²) in [5.74, 6) is -2.37. The van der Waals surface area contributed by atoms with Gasteiger partial charge in [0.25, 0.3) is 0 Å². The Hall–Kier alpha value is -4.41. The minimum absolute atomic E-state index is 0.0627. The molecule has 2 aromatic carbocycles. The van der Waals surface area contributed by atoms with Gasteiger partial charge in [0.15, 0.2) is 0 Å². The van der Waals surface area contributed by atoms with Crippen LogP contribution in [-0.2, 0) is 28.7 Å². The first-order chi connectivity index (χ1) is 19.5. The maximum atomic E-state index is 12.7. The molecule has 0 spiro atoms. The summed E-state index contributed by atoms with van der Waals surface area (Å²) in [6.07, 6.45) is -0.989. The lowest BCUT2D eigenvalue weighted by molar-refractivity contribution is -0.155. The Kier molecular flexibility index (Phi) is 10.8. The van der Waals surface area contributed by atoms with Crippen molar-refractivity contribution in [3.8, 4) is 11.1 Å². The molecule has 3 rings (SSSR count). The third kappa shape index (κ3) is 9.33. The molecule has 1 atom stereocenters. The molecule has 2 aromatic rings. The monoisotopic (exact) mass is 566 g/mol.